The van der Waals surface area contributed by atoms with Crippen molar-refractivity contribution >= 4 is 11.6 Å². The first kappa shape index (κ1) is 16.6. The summed E-state index contributed by atoms with van der Waals surface area (Å²) in [6.07, 6.45) is 7.29. The smallest absolute Gasteiger partial charge is 0.239 e. The van der Waals surface area contributed by atoms with Crippen LogP contribution in [-0.4, -0.2) is 32.2 Å². The summed E-state index contributed by atoms with van der Waals surface area (Å²) >= 11 is 0. The Kier molecular flexibility index (Phi) is 5.71. The summed E-state index contributed by atoms with van der Waals surface area (Å²) in [4.78, 5) is 20.3. The van der Waals surface area contributed by atoms with Gasteiger partial charge in [0, 0.05) is 18.9 Å². The van der Waals surface area contributed by atoms with Crippen molar-refractivity contribution in [3.05, 3.63) is 73.1 Å². The Morgan fingerprint density at radius 1 is 1.12 bits per heavy atom. The molecule has 2 heterocycles. The van der Waals surface area contributed by atoms with Crippen LogP contribution in [0.2, 0.25) is 0 Å². The Bertz CT molecular complexity index is 761. The molecule has 1 atom stereocenters. The van der Waals surface area contributed by atoms with Crippen LogP contribution < -0.4 is 10.6 Å². The maximum Gasteiger partial charge on any atom is 0.239 e. The number of aryl methyl sites for hydroxylation is 1. The van der Waals surface area contributed by atoms with E-state index in [2.05, 4.69) is 25.7 Å². The summed E-state index contributed by atoms with van der Waals surface area (Å²) in [6, 6.07) is 13.5. The van der Waals surface area contributed by atoms with Gasteiger partial charge in [-0.25, -0.2) is 4.98 Å². The third-order valence-corrected chi connectivity index (χ3v) is 3.77. The molecule has 0 spiro atoms. The molecule has 0 aliphatic rings. The topological polar surface area (TPSA) is 84.7 Å². The Labute approximate surface area is 146 Å². The van der Waals surface area contributed by atoms with E-state index in [4.69, 9.17) is 0 Å². The molecule has 7 heteroatoms. The first-order valence-corrected chi connectivity index (χ1v) is 8.12. The number of aromatic nitrogens is 4. The molecule has 0 saturated carbocycles. The molecular weight excluding hydrogens is 316 g/mol. The largest absolute Gasteiger partial charge is 0.375 e. The number of rotatable bonds is 8. The van der Waals surface area contributed by atoms with Crippen LogP contribution in [-0.2, 0) is 11.3 Å². The molecule has 1 unspecified atom stereocenters. The fraction of sp³-hybridized carbons (Fsp3) is 0.222. The number of pyridine rings is 1. The maximum absolute atomic E-state index is 12.3. The molecule has 0 fully saturated rings. The van der Waals surface area contributed by atoms with E-state index in [-0.39, 0.29) is 18.5 Å². The molecule has 3 rings (SSSR count). The van der Waals surface area contributed by atoms with E-state index in [0.29, 0.717) is 6.54 Å². The number of amides is 1. The van der Waals surface area contributed by atoms with E-state index in [1.54, 1.807) is 23.4 Å². The quantitative estimate of drug-likeness (QED) is 0.657. The van der Waals surface area contributed by atoms with Crippen molar-refractivity contribution in [3.8, 4) is 0 Å². The summed E-state index contributed by atoms with van der Waals surface area (Å²) in [5.41, 5.74) is 1.88. The Morgan fingerprint density at radius 3 is 2.72 bits per heavy atom. The first-order valence-electron chi connectivity index (χ1n) is 8.12. The van der Waals surface area contributed by atoms with Crippen LogP contribution in [0, 0.1) is 0 Å². The minimum absolute atomic E-state index is 0.0729. The van der Waals surface area contributed by atoms with Crippen LogP contribution in [0.3, 0.4) is 0 Å². The maximum atomic E-state index is 12.3. The lowest BCUT2D eigenvalue weighted by atomic mass is 10.0. The van der Waals surface area contributed by atoms with Crippen molar-refractivity contribution in [3.63, 3.8) is 0 Å². The SMILES string of the molecule is O=C(CNc1cccnc1)NC(CCn1cncn1)c1ccccc1. The Morgan fingerprint density at radius 2 is 2.00 bits per heavy atom. The van der Waals surface area contributed by atoms with Gasteiger partial charge in [-0.15, -0.1) is 0 Å². The monoisotopic (exact) mass is 336 g/mol. The third kappa shape index (κ3) is 5.13. The molecule has 3 aromatic rings. The van der Waals surface area contributed by atoms with E-state index in [0.717, 1.165) is 17.7 Å². The van der Waals surface area contributed by atoms with E-state index in [1.165, 1.54) is 6.33 Å². The van der Waals surface area contributed by atoms with Gasteiger partial charge < -0.3 is 10.6 Å². The molecule has 25 heavy (non-hydrogen) atoms. The lowest BCUT2D eigenvalue weighted by molar-refractivity contribution is -0.120. The Balaban J connectivity index is 1.59. The zero-order valence-corrected chi connectivity index (χ0v) is 13.7. The molecule has 128 valence electrons. The predicted octanol–water partition coefficient (Wildman–Crippen LogP) is 2.03. The van der Waals surface area contributed by atoms with Gasteiger partial charge in [-0.3, -0.25) is 14.5 Å². The summed E-state index contributed by atoms with van der Waals surface area (Å²) in [5.74, 6) is -0.0729. The van der Waals surface area contributed by atoms with Crippen molar-refractivity contribution in [2.24, 2.45) is 0 Å². The molecule has 1 amide bonds. The van der Waals surface area contributed by atoms with Gasteiger partial charge in [0.15, 0.2) is 0 Å². The van der Waals surface area contributed by atoms with Crippen LogP contribution in [0.25, 0.3) is 0 Å². The van der Waals surface area contributed by atoms with E-state index < -0.39 is 0 Å². The molecule has 2 N–H and O–H groups in total. The third-order valence-electron chi connectivity index (χ3n) is 3.77. The number of benzene rings is 1. The number of hydrogen-bond acceptors (Lipinski definition) is 5. The van der Waals surface area contributed by atoms with Gasteiger partial charge >= 0.3 is 0 Å². The van der Waals surface area contributed by atoms with Crippen LogP contribution in [0.4, 0.5) is 5.69 Å². The lowest BCUT2D eigenvalue weighted by Gasteiger charge is -2.19. The number of hydrogen-bond donors (Lipinski definition) is 2. The molecule has 7 nitrogen and oxygen atoms in total. The van der Waals surface area contributed by atoms with Gasteiger partial charge in [-0.2, -0.15) is 5.10 Å². The number of carbonyl (C=O) groups is 1. The Hall–Kier alpha value is -3.22. The normalized spacial score (nSPS) is 11.7. The average molecular weight is 336 g/mol. The van der Waals surface area contributed by atoms with Gasteiger partial charge in [0.25, 0.3) is 0 Å². The van der Waals surface area contributed by atoms with Gasteiger partial charge in [0.2, 0.25) is 5.91 Å². The molecule has 2 aromatic heterocycles. The number of anilines is 1. The summed E-state index contributed by atoms with van der Waals surface area (Å²) in [5, 5.41) is 10.3. The number of nitrogens with one attached hydrogen (secondary N) is 2. The van der Waals surface area contributed by atoms with Gasteiger partial charge in [0.1, 0.15) is 12.7 Å². The minimum Gasteiger partial charge on any atom is -0.375 e. The molecular formula is C18H20N6O. The highest BCUT2D eigenvalue weighted by atomic mass is 16.2. The second-order valence-electron chi connectivity index (χ2n) is 5.57. The summed E-state index contributed by atoms with van der Waals surface area (Å²) < 4.78 is 1.76. The van der Waals surface area contributed by atoms with Crippen molar-refractivity contribution in [2.75, 3.05) is 11.9 Å². The van der Waals surface area contributed by atoms with Crippen LogP contribution in [0.15, 0.2) is 67.5 Å². The molecule has 1 aromatic carbocycles. The van der Waals surface area contributed by atoms with Gasteiger partial charge in [-0.05, 0) is 24.1 Å². The molecule has 0 bridgehead atoms. The zero-order valence-electron chi connectivity index (χ0n) is 13.7. The van der Waals surface area contributed by atoms with Crippen molar-refractivity contribution in [2.45, 2.75) is 19.0 Å². The standard InChI is InChI=1S/C18H20N6O/c25-18(12-21-16-7-4-9-19-11-16)23-17(15-5-2-1-3-6-15)8-10-24-14-20-13-22-24/h1-7,9,11,13-14,17,21H,8,10,12H2,(H,23,25). The summed E-state index contributed by atoms with van der Waals surface area (Å²) in [6.45, 7) is 0.869. The van der Waals surface area contributed by atoms with E-state index in [9.17, 15) is 4.79 Å². The fourth-order valence-corrected chi connectivity index (χ4v) is 2.51. The van der Waals surface area contributed by atoms with Crippen LogP contribution >= 0.6 is 0 Å². The number of carbonyl (C=O) groups excluding carboxylic acids is 1. The average Bonchev–Trinajstić information content (AvgIpc) is 3.18. The minimum atomic E-state index is -0.0893. The molecule has 0 saturated heterocycles. The second kappa shape index (κ2) is 8.58. The first-order chi connectivity index (χ1) is 12.3. The predicted molar refractivity (Wildman–Crippen MR) is 94.7 cm³/mol. The van der Waals surface area contributed by atoms with E-state index >= 15 is 0 Å². The second-order valence-corrected chi connectivity index (χ2v) is 5.57. The van der Waals surface area contributed by atoms with Crippen molar-refractivity contribution in [1.82, 2.24) is 25.1 Å². The highest BCUT2D eigenvalue weighted by molar-refractivity contribution is 5.81. The molecule has 0 aliphatic carbocycles. The lowest BCUT2D eigenvalue weighted by Crippen LogP contribution is -2.34. The summed E-state index contributed by atoms with van der Waals surface area (Å²) in [7, 11) is 0. The highest BCUT2D eigenvalue weighted by Crippen LogP contribution is 2.17. The van der Waals surface area contributed by atoms with E-state index in [1.807, 2.05) is 42.5 Å². The van der Waals surface area contributed by atoms with Gasteiger partial charge in [-0.1, -0.05) is 30.3 Å². The van der Waals surface area contributed by atoms with Crippen LogP contribution in [0.1, 0.15) is 18.0 Å². The zero-order chi connectivity index (χ0) is 17.3. The van der Waals surface area contributed by atoms with Crippen molar-refractivity contribution < 1.29 is 4.79 Å². The van der Waals surface area contributed by atoms with Crippen molar-refractivity contribution in [1.29, 1.82) is 0 Å². The number of nitrogens with zero attached hydrogens (tertiary/aromatic N) is 4. The molecule has 0 radical (unpaired) electrons. The molecule has 0 aliphatic heterocycles. The highest BCUT2D eigenvalue weighted by Gasteiger charge is 2.14. The van der Waals surface area contributed by atoms with Gasteiger partial charge in [0.05, 0.1) is 18.3 Å². The van der Waals surface area contributed by atoms with Crippen LogP contribution in [0.5, 0.6) is 0 Å². The fourth-order valence-electron chi connectivity index (χ4n) is 2.51.